The van der Waals surface area contributed by atoms with E-state index in [0.717, 1.165) is 0 Å². The molecule has 0 saturated heterocycles. The Morgan fingerprint density at radius 1 is 1.22 bits per heavy atom. The first-order valence-corrected chi connectivity index (χ1v) is 5.83. The van der Waals surface area contributed by atoms with E-state index in [0.29, 0.717) is 12.2 Å². The number of hydrogen-bond donors (Lipinski definition) is 3. The zero-order valence-corrected chi connectivity index (χ0v) is 10.9. The molecule has 0 spiro atoms. The van der Waals surface area contributed by atoms with Crippen LogP contribution in [0.25, 0.3) is 0 Å². The quantitative estimate of drug-likeness (QED) is 0.303. The Bertz CT molecular complexity index is 261. The summed E-state index contributed by atoms with van der Waals surface area (Å²) in [5, 5.41) is 27.2. The fourth-order valence-corrected chi connectivity index (χ4v) is 1.12. The molecule has 0 aliphatic rings. The number of aliphatic hydroxyl groups is 3. The number of esters is 1. The van der Waals surface area contributed by atoms with E-state index in [-0.39, 0.29) is 32.8 Å². The normalized spacial score (nSPS) is 12.4. The summed E-state index contributed by atoms with van der Waals surface area (Å²) >= 11 is 0. The van der Waals surface area contributed by atoms with Gasteiger partial charge in [0.15, 0.2) is 0 Å². The van der Waals surface area contributed by atoms with Crippen molar-refractivity contribution in [2.24, 2.45) is 5.41 Å². The van der Waals surface area contributed by atoms with Crippen LogP contribution in [0.4, 0.5) is 0 Å². The van der Waals surface area contributed by atoms with Crippen LogP contribution in [0.3, 0.4) is 0 Å². The summed E-state index contributed by atoms with van der Waals surface area (Å²) in [6.45, 7) is 2.73. The lowest BCUT2D eigenvalue weighted by Crippen LogP contribution is -2.35. The maximum absolute atomic E-state index is 11.4. The van der Waals surface area contributed by atoms with Crippen molar-refractivity contribution in [2.75, 3.05) is 33.0 Å². The first-order chi connectivity index (χ1) is 8.55. The van der Waals surface area contributed by atoms with Gasteiger partial charge in [0.25, 0.3) is 0 Å². The van der Waals surface area contributed by atoms with Crippen molar-refractivity contribution in [3.8, 4) is 0 Å². The average Bonchev–Trinajstić information content (AvgIpc) is 2.41. The van der Waals surface area contributed by atoms with Gasteiger partial charge in [-0.15, -0.1) is 0 Å². The lowest BCUT2D eigenvalue weighted by molar-refractivity contribution is -0.141. The first-order valence-electron chi connectivity index (χ1n) is 5.83. The van der Waals surface area contributed by atoms with Crippen LogP contribution < -0.4 is 0 Å². The highest BCUT2D eigenvalue weighted by atomic mass is 16.5. The Kier molecular flexibility index (Phi) is 8.36. The van der Waals surface area contributed by atoms with E-state index in [1.807, 2.05) is 0 Å². The summed E-state index contributed by atoms with van der Waals surface area (Å²) in [5.41, 5.74) is -0.683. The molecule has 18 heavy (non-hydrogen) atoms. The van der Waals surface area contributed by atoms with Gasteiger partial charge in [-0.25, -0.2) is 4.79 Å². The van der Waals surface area contributed by atoms with E-state index in [1.165, 1.54) is 6.26 Å². The molecule has 3 N–H and O–H groups in total. The van der Waals surface area contributed by atoms with Gasteiger partial charge in [-0.05, 0) is 20.3 Å². The molecule has 0 aromatic carbocycles. The van der Waals surface area contributed by atoms with E-state index in [1.54, 1.807) is 13.8 Å². The van der Waals surface area contributed by atoms with Gasteiger partial charge in [-0.2, -0.15) is 0 Å². The number of carbonyl (C=O) groups excluding carboxylic acids is 1. The molecule has 0 saturated carbocycles. The van der Waals surface area contributed by atoms with Crippen molar-refractivity contribution in [1.82, 2.24) is 0 Å². The maximum Gasteiger partial charge on any atom is 0.336 e. The number of rotatable bonds is 9. The largest absolute Gasteiger partial charge is 0.501 e. The molecule has 0 bridgehead atoms. The fourth-order valence-electron chi connectivity index (χ4n) is 1.12. The molecule has 106 valence electrons. The number of hydrogen-bond acceptors (Lipinski definition) is 6. The van der Waals surface area contributed by atoms with E-state index in [2.05, 4.69) is 0 Å². The number of carbonyl (C=O) groups is 1. The Morgan fingerprint density at radius 2 is 1.78 bits per heavy atom. The summed E-state index contributed by atoms with van der Waals surface area (Å²) < 4.78 is 9.89. The molecular formula is C12H22O6. The maximum atomic E-state index is 11.4. The highest BCUT2D eigenvalue weighted by Gasteiger charge is 2.28. The standard InChI is InChI=1S/C12H22O6/c1-3-17-6-10(2)11(16)18-5-4-12(7-13,8-14)9-15/h6,13-15H,3-5,7-9H2,1-2H3. The molecule has 0 rings (SSSR count). The molecule has 0 aliphatic heterocycles. The molecular weight excluding hydrogens is 240 g/mol. The Labute approximate surface area is 107 Å². The summed E-state index contributed by atoms with van der Waals surface area (Å²) in [6.07, 6.45) is 1.50. The Balaban J connectivity index is 4.14. The lowest BCUT2D eigenvalue weighted by atomic mass is 9.88. The number of aliphatic hydroxyl groups excluding tert-OH is 3. The third-order valence-corrected chi connectivity index (χ3v) is 2.62. The van der Waals surface area contributed by atoms with Crippen LogP contribution in [0.2, 0.25) is 0 Å². The van der Waals surface area contributed by atoms with Gasteiger partial charge in [-0.1, -0.05) is 0 Å². The SMILES string of the molecule is CCOC=C(C)C(=O)OCCC(CO)(CO)CO. The minimum absolute atomic E-state index is 0.0117. The Hall–Kier alpha value is -1.11. The molecule has 0 radical (unpaired) electrons. The molecule has 0 aromatic heterocycles. The van der Waals surface area contributed by atoms with Gasteiger partial charge in [0, 0.05) is 5.41 Å². The van der Waals surface area contributed by atoms with E-state index >= 15 is 0 Å². The molecule has 0 atom stereocenters. The minimum Gasteiger partial charge on any atom is -0.501 e. The van der Waals surface area contributed by atoms with Gasteiger partial charge >= 0.3 is 5.97 Å². The molecule has 6 heteroatoms. The molecule has 0 heterocycles. The number of ether oxygens (including phenoxy) is 2. The van der Waals surface area contributed by atoms with Crippen LogP contribution in [-0.2, 0) is 14.3 Å². The van der Waals surface area contributed by atoms with Gasteiger partial charge < -0.3 is 24.8 Å². The van der Waals surface area contributed by atoms with Crippen LogP contribution in [0.15, 0.2) is 11.8 Å². The predicted octanol–water partition coefficient (Wildman–Crippen LogP) is -0.177. The highest BCUT2D eigenvalue weighted by Crippen LogP contribution is 2.19. The van der Waals surface area contributed by atoms with Gasteiger partial charge in [0.05, 0.1) is 44.9 Å². The van der Waals surface area contributed by atoms with Gasteiger partial charge in [0.2, 0.25) is 0 Å². The van der Waals surface area contributed by atoms with Crippen molar-refractivity contribution < 1.29 is 29.6 Å². The third-order valence-electron chi connectivity index (χ3n) is 2.62. The minimum atomic E-state index is -1.02. The third kappa shape index (κ3) is 5.48. The summed E-state index contributed by atoms with van der Waals surface area (Å²) in [6, 6.07) is 0. The molecule has 0 unspecified atom stereocenters. The van der Waals surface area contributed by atoms with Crippen molar-refractivity contribution >= 4 is 5.97 Å². The predicted molar refractivity (Wildman–Crippen MR) is 64.6 cm³/mol. The Morgan fingerprint density at radius 3 is 2.22 bits per heavy atom. The highest BCUT2D eigenvalue weighted by molar-refractivity contribution is 5.87. The van der Waals surface area contributed by atoms with E-state index in [9.17, 15) is 4.79 Å². The second kappa shape index (κ2) is 8.91. The zero-order valence-electron chi connectivity index (χ0n) is 10.9. The van der Waals surface area contributed by atoms with E-state index in [4.69, 9.17) is 24.8 Å². The van der Waals surface area contributed by atoms with Crippen LogP contribution in [-0.4, -0.2) is 54.3 Å². The fraction of sp³-hybridized carbons (Fsp3) is 0.750. The molecule has 0 aromatic rings. The molecule has 0 aliphatic carbocycles. The van der Waals surface area contributed by atoms with Gasteiger partial charge in [-0.3, -0.25) is 0 Å². The van der Waals surface area contributed by atoms with E-state index < -0.39 is 11.4 Å². The summed E-state index contributed by atoms with van der Waals surface area (Å²) in [5.74, 6) is -0.522. The second-order valence-electron chi connectivity index (χ2n) is 4.12. The van der Waals surface area contributed by atoms with Crippen LogP contribution >= 0.6 is 0 Å². The molecule has 0 fully saturated rings. The van der Waals surface area contributed by atoms with Crippen molar-refractivity contribution in [2.45, 2.75) is 20.3 Å². The summed E-state index contributed by atoms with van der Waals surface area (Å²) in [4.78, 5) is 11.4. The molecule has 0 amide bonds. The molecule has 6 nitrogen and oxygen atoms in total. The van der Waals surface area contributed by atoms with Crippen molar-refractivity contribution in [3.63, 3.8) is 0 Å². The lowest BCUT2D eigenvalue weighted by Gasteiger charge is -2.26. The zero-order chi connectivity index (χ0) is 14.0. The van der Waals surface area contributed by atoms with Crippen molar-refractivity contribution in [3.05, 3.63) is 11.8 Å². The van der Waals surface area contributed by atoms with Crippen LogP contribution in [0.5, 0.6) is 0 Å². The first kappa shape index (κ1) is 16.9. The topological polar surface area (TPSA) is 96.2 Å². The summed E-state index contributed by atoms with van der Waals surface area (Å²) in [7, 11) is 0. The second-order valence-corrected chi connectivity index (χ2v) is 4.12. The van der Waals surface area contributed by atoms with Crippen LogP contribution in [0.1, 0.15) is 20.3 Å². The van der Waals surface area contributed by atoms with Crippen molar-refractivity contribution in [1.29, 1.82) is 0 Å². The monoisotopic (exact) mass is 262 g/mol. The smallest absolute Gasteiger partial charge is 0.336 e. The van der Waals surface area contributed by atoms with Crippen LogP contribution in [0, 0.1) is 5.41 Å². The van der Waals surface area contributed by atoms with Gasteiger partial charge in [0.1, 0.15) is 0 Å². The average molecular weight is 262 g/mol.